The highest BCUT2D eigenvalue weighted by atomic mass is 35.5. The number of halogens is 1. The van der Waals surface area contributed by atoms with Gasteiger partial charge in [0.1, 0.15) is 5.38 Å². The van der Waals surface area contributed by atoms with Crippen molar-refractivity contribution in [2.75, 3.05) is 0 Å². The molecule has 0 amide bonds. The van der Waals surface area contributed by atoms with E-state index in [4.69, 9.17) is 16.9 Å². The van der Waals surface area contributed by atoms with Gasteiger partial charge >= 0.3 is 0 Å². The van der Waals surface area contributed by atoms with Gasteiger partial charge in [-0.15, -0.1) is 11.6 Å². The zero-order chi connectivity index (χ0) is 4.99. The zero-order valence-corrected chi connectivity index (χ0v) is 4.46. The molecule has 0 fully saturated rings. The topological polar surface area (TPSA) is 23.8 Å². The van der Waals surface area contributed by atoms with Gasteiger partial charge in [-0.05, 0) is 0 Å². The predicted octanol–water partition coefficient (Wildman–Crippen LogP) is 1.12. The van der Waals surface area contributed by atoms with Crippen LogP contribution in [0.4, 0.5) is 0 Å². The van der Waals surface area contributed by atoms with Crippen molar-refractivity contribution in [2.24, 2.45) is 0 Å². The Morgan fingerprint density at radius 1 is 2.00 bits per heavy atom. The standard InChI is InChI=1S/C3H2ClNS/c4-3(1-5)2-6/h2-3H. The molecule has 0 rings (SSSR count). The van der Waals surface area contributed by atoms with Gasteiger partial charge in [-0.25, -0.2) is 0 Å². The summed E-state index contributed by atoms with van der Waals surface area (Å²) in [6.07, 6.45) is 0. The van der Waals surface area contributed by atoms with E-state index in [1.165, 1.54) is 5.37 Å². The van der Waals surface area contributed by atoms with Crippen LogP contribution < -0.4 is 0 Å². The van der Waals surface area contributed by atoms with E-state index in [2.05, 4.69) is 12.2 Å². The minimum Gasteiger partial charge on any atom is -0.196 e. The number of nitriles is 1. The fourth-order valence-electron chi connectivity index (χ4n) is 0.0304. The first-order chi connectivity index (χ1) is 2.81. The number of hydrogen-bond donors (Lipinski definition) is 0. The fraction of sp³-hybridized carbons (Fsp3) is 0.333. The Morgan fingerprint density at radius 2 is 2.50 bits per heavy atom. The molecule has 6 heavy (non-hydrogen) atoms. The maximum absolute atomic E-state index is 7.85. The molecule has 3 heteroatoms. The molecule has 0 aliphatic carbocycles. The molecule has 0 N–H and O–H groups in total. The molecule has 0 heterocycles. The molecule has 1 nitrogen and oxygen atoms in total. The van der Waals surface area contributed by atoms with Crippen LogP contribution in [-0.4, -0.2) is 10.7 Å². The smallest absolute Gasteiger partial charge is 0.148 e. The number of hydrogen-bond acceptors (Lipinski definition) is 2. The van der Waals surface area contributed by atoms with Crippen LogP contribution in [0, 0.1) is 11.3 Å². The average molecular weight is 120 g/mol. The lowest BCUT2D eigenvalue weighted by Crippen LogP contribution is -1.89. The van der Waals surface area contributed by atoms with Gasteiger partial charge in [0, 0.05) is 5.37 Å². The molecule has 0 radical (unpaired) electrons. The van der Waals surface area contributed by atoms with Crippen LogP contribution in [0.1, 0.15) is 0 Å². The van der Waals surface area contributed by atoms with Crippen molar-refractivity contribution in [3.63, 3.8) is 0 Å². The molecule has 0 saturated carbocycles. The Hall–Kier alpha value is -0.130. The SMILES string of the molecule is N#CC(Cl)C=S. The third-order valence-corrected chi connectivity index (χ3v) is 0.888. The summed E-state index contributed by atoms with van der Waals surface area (Å²) in [5.41, 5.74) is 0. The van der Waals surface area contributed by atoms with Gasteiger partial charge in [-0.3, -0.25) is 0 Å². The molecule has 1 unspecified atom stereocenters. The first-order valence-electron chi connectivity index (χ1n) is 1.30. The lowest BCUT2D eigenvalue weighted by Gasteiger charge is -1.75. The molecule has 0 saturated heterocycles. The fourth-order valence-corrected chi connectivity index (χ4v) is 0.0913. The third kappa shape index (κ3) is 2.13. The van der Waals surface area contributed by atoms with Gasteiger partial charge in [-0.1, -0.05) is 12.2 Å². The molecular weight excluding hydrogens is 118 g/mol. The Labute approximate surface area is 46.5 Å². The number of thiocarbonyl (C=S) groups is 1. The van der Waals surface area contributed by atoms with Gasteiger partial charge in [0.25, 0.3) is 0 Å². The van der Waals surface area contributed by atoms with E-state index in [1.807, 2.05) is 0 Å². The minimum atomic E-state index is -0.597. The van der Waals surface area contributed by atoms with Crippen LogP contribution >= 0.6 is 23.8 Å². The van der Waals surface area contributed by atoms with Crippen molar-refractivity contribution in [1.29, 1.82) is 5.26 Å². The van der Waals surface area contributed by atoms with Crippen LogP contribution in [0.15, 0.2) is 0 Å². The highest BCUT2D eigenvalue weighted by Crippen LogP contribution is 1.85. The predicted molar refractivity (Wildman–Crippen MR) is 28.9 cm³/mol. The van der Waals surface area contributed by atoms with Gasteiger partial charge in [0.2, 0.25) is 0 Å². The van der Waals surface area contributed by atoms with Crippen molar-refractivity contribution in [3.8, 4) is 6.07 Å². The molecule has 0 spiro atoms. The molecule has 0 aliphatic rings. The Kier molecular flexibility index (Phi) is 3.01. The molecule has 32 valence electrons. The molecule has 0 aromatic carbocycles. The Bertz CT molecular complexity index is 85.3. The zero-order valence-electron chi connectivity index (χ0n) is 2.89. The third-order valence-electron chi connectivity index (χ3n) is 0.243. The van der Waals surface area contributed by atoms with Gasteiger partial charge in [0.05, 0.1) is 6.07 Å². The van der Waals surface area contributed by atoms with Crippen LogP contribution in [0.3, 0.4) is 0 Å². The van der Waals surface area contributed by atoms with Crippen LogP contribution in [0.2, 0.25) is 0 Å². The maximum Gasteiger partial charge on any atom is 0.148 e. The van der Waals surface area contributed by atoms with Crippen molar-refractivity contribution < 1.29 is 0 Å². The quantitative estimate of drug-likeness (QED) is 0.382. The first kappa shape index (κ1) is 5.87. The summed E-state index contributed by atoms with van der Waals surface area (Å²) in [6, 6.07) is 1.72. The van der Waals surface area contributed by atoms with Crippen LogP contribution in [-0.2, 0) is 0 Å². The number of nitrogens with zero attached hydrogens (tertiary/aromatic N) is 1. The van der Waals surface area contributed by atoms with Crippen molar-refractivity contribution in [1.82, 2.24) is 0 Å². The van der Waals surface area contributed by atoms with Crippen LogP contribution in [0.25, 0.3) is 0 Å². The first-order valence-corrected chi connectivity index (χ1v) is 2.21. The van der Waals surface area contributed by atoms with E-state index in [-0.39, 0.29) is 0 Å². The summed E-state index contributed by atoms with van der Waals surface area (Å²) in [7, 11) is 0. The lowest BCUT2D eigenvalue weighted by molar-refractivity contribution is 1.44. The second-order valence-corrected chi connectivity index (χ2v) is 1.41. The summed E-state index contributed by atoms with van der Waals surface area (Å²) in [4.78, 5) is 0. The molecule has 0 aromatic heterocycles. The summed E-state index contributed by atoms with van der Waals surface area (Å²) in [6.45, 7) is 0. The van der Waals surface area contributed by atoms with E-state index >= 15 is 0 Å². The molecular formula is C3H2ClNS. The summed E-state index contributed by atoms with van der Waals surface area (Å²) in [5, 5.41) is 8.47. The summed E-state index contributed by atoms with van der Waals surface area (Å²) in [5.74, 6) is 0. The minimum absolute atomic E-state index is 0.597. The number of alkyl halides is 1. The monoisotopic (exact) mass is 119 g/mol. The van der Waals surface area contributed by atoms with Crippen molar-refractivity contribution in [2.45, 2.75) is 5.38 Å². The average Bonchev–Trinajstić information content (AvgIpc) is 1.65. The van der Waals surface area contributed by atoms with Crippen molar-refractivity contribution in [3.05, 3.63) is 0 Å². The van der Waals surface area contributed by atoms with E-state index < -0.39 is 5.38 Å². The maximum atomic E-state index is 7.85. The lowest BCUT2D eigenvalue weighted by atomic mass is 10.5. The van der Waals surface area contributed by atoms with E-state index in [0.717, 1.165) is 0 Å². The highest BCUT2D eigenvalue weighted by Gasteiger charge is 1.88. The van der Waals surface area contributed by atoms with Gasteiger partial charge in [0.15, 0.2) is 0 Å². The Balaban J connectivity index is 3.30. The Morgan fingerprint density at radius 3 is 2.50 bits per heavy atom. The van der Waals surface area contributed by atoms with Crippen LogP contribution in [0.5, 0.6) is 0 Å². The highest BCUT2D eigenvalue weighted by molar-refractivity contribution is 7.79. The largest absolute Gasteiger partial charge is 0.196 e. The second-order valence-electron chi connectivity index (χ2n) is 0.667. The number of rotatable bonds is 1. The van der Waals surface area contributed by atoms with Gasteiger partial charge < -0.3 is 0 Å². The second kappa shape index (κ2) is 3.08. The molecule has 0 aromatic rings. The summed E-state index contributed by atoms with van der Waals surface area (Å²) < 4.78 is 0. The van der Waals surface area contributed by atoms with Crippen molar-refractivity contribution >= 4 is 29.2 Å². The van der Waals surface area contributed by atoms with E-state index in [0.29, 0.717) is 0 Å². The van der Waals surface area contributed by atoms with E-state index in [9.17, 15) is 0 Å². The summed E-state index contributed by atoms with van der Waals surface area (Å²) >= 11 is 9.42. The van der Waals surface area contributed by atoms with E-state index in [1.54, 1.807) is 6.07 Å². The molecule has 0 bridgehead atoms. The normalized spacial score (nSPS) is 12.0. The molecule has 0 aliphatic heterocycles. The molecule has 1 atom stereocenters. The van der Waals surface area contributed by atoms with Gasteiger partial charge in [-0.2, -0.15) is 5.26 Å².